The average molecular weight is 540 g/mol. The number of pyridine rings is 1. The molecule has 3 heterocycles. The predicted octanol–water partition coefficient (Wildman–Crippen LogP) is 2.24. The number of ether oxygens (including phenoxy) is 2. The quantitative estimate of drug-likeness (QED) is 0.583. The number of methoxy groups -OCH3 is 1. The molecule has 0 bridgehead atoms. The van der Waals surface area contributed by atoms with Crippen LogP contribution in [0.2, 0.25) is 0 Å². The van der Waals surface area contributed by atoms with Crippen molar-refractivity contribution >= 4 is 29.0 Å². The molecule has 0 spiro atoms. The molecule has 12 heteroatoms. The molecule has 1 atom stereocenters. The Morgan fingerprint density at radius 3 is 2.64 bits per heavy atom. The normalized spacial score (nSPS) is 18.1. The number of allylic oxidation sites excluding steroid dienone is 3. The Bertz CT molecular complexity index is 1540. The van der Waals surface area contributed by atoms with E-state index in [9.17, 15) is 27.6 Å². The molecule has 0 saturated carbocycles. The van der Waals surface area contributed by atoms with Crippen molar-refractivity contribution in [2.24, 2.45) is 10.9 Å². The topological polar surface area (TPSA) is 110 Å². The molecule has 3 aliphatic rings. The molecule has 1 unspecified atom stereocenters. The van der Waals surface area contributed by atoms with E-state index in [1.165, 1.54) is 13.2 Å². The second-order valence-corrected chi connectivity index (χ2v) is 9.03. The van der Waals surface area contributed by atoms with Crippen LogP contribution in [-0.2, 0) is 20.4 Å². The summed E-state index contributed by atoms with van der Waals surface area (Å²) in [7, 11) is 1.18. The molecule has 0 radical (unpaired) electrons. The number of benzene rings is 1. The van der Waals surface area contributed by atoms with E-state index in [4.69, 9.17) is 9.47 Å². The van der Waals surface area contributed by atoms with Crippen molar-refractivity contribution in [2.75, 3.05) is 38.7 Å². The first-order chi connectivity index (χ1) is 18.7. The van der Waals surface area contributed by atoms with Gasteiger partial charge in [0.05, 0.1) is 42.6 Å². The molecular formula is C27H23F3N4O5. The largest absolute Gasteiger partial charge is 0.465 e. The summed E-state index contributed by atoms with van der Waals surface area (Å²) in [6.07, 6.45) is 0.957. The van der Waals surface area contributed by atoms with Gasteiger partial charge in [0.2, 0.25) is 5.91 Å². The molecule has 1 aromatic carbocycles. The fourth-order valence-electron chi connectivity index (χ4n) is 4.63. The summed E-state index contributed by atoms with van der Waals surface area (Å²) >= 11 is 0. The Labute approximate surface area is 220 Å². The van der Waals surface area contributed by atoms with E-state index in [0.717, 1.165) is 18.2 Å². The lowest BCUT2D eigenvalue weighted by Gasteiger charge is -2.28. The number of morpholine rings is 1. The number of anilines is 1. The van der Waals surface area contributed by atoms with E-state index in [2.05, 4.69) is 15.3 Å². The summed E-state index contributed by atoms with van der Waals surface area (Å²) in [6.45, 7) is 2.09. The minimum Gasteiger partial charge on any atom is -0.465 e. The van der Waals surface area contributed by atoms with Gasteiger partial charge < -0.3 is 19.7 Å². The SMILES string of the molecule is COC(=O)c1ccc2c(c1NC(=O)c1cccc(C(F)(F)F)n1)=C1C=CC(CC(=O)N3CCOCC3)C=C1N=2. The van der Waals surface area contributed by atoms with Gasteiger partial charge in [0.25, 0.3) is 5.91 Å². The van der Waals surface area contributed by atoms with Gasteiger partial charge in [0.1, 0.15) is 11.4 Å². The van der Waals surface area contributed by atoms with Crippen molar-refractivity contribution in [3.63, 3.8) is 0 Å². The third-order valence-electron chi connectivity index (χ3n) is 6.54. The second kappa shape index (κ2) is 10.4. The number of fused-ring (bicyclic) bond motifs is 2. The molecule has 39 heavy (non-hydrogen) atoms. The molecule has 5 rings (SSSR count). The number of halogens is 3. The number of carbonyl (C=O) groups is 3. The van der Waals surface area contributed by atoms with E-state index in [0.29, 0.717) is 48.1 Å². The molecule has 2 amide bonds. The Hall–Kier alpha value is -4.32. The molecule has 1 aromatic heterocycles. The monoisotopic (exact) mass is 540 g/mol. The number of nitrogens with zero attached hydrogens (tertiary/aromatic N) is 3. The first-order valence-electron chi connectivity index (χ1n) is 12.1. The molecule has 1 N–H and O–H groups in total. The maximum absolute atomic E-state index is 13.1. The van der Waals surface area contributed by atoms with Gasteiger partial charge in [-0.3, -0.25) is 9.59 Å². The number of esters is 1. The summed E-state index contributed by atoms with van der Waals surface area (Å²) in [4.78, 5) is 48.1. The van der Waals surface area contributed by atoms with Crippen molar-refractivity contribution < 1.29 is 37.0 Å². The van der Waals surface area contributed by atoms with Gasteiger partial charge >= 0.3 is 12.1 Å². The van der Waals surface area contributed by atoms with Crippen LogP contribution in [0.15, 0.2) is 59.2 Å². The minimum absolute atomic E-state index is 0.00135. The van der Waals surface area contributed by atoms with Crippen molar-refractivity contribution in [1.29, 1.82) is 0 Å². The Morgan fingerprint density at radius 1 is 1.15 bits per heavy atom. The predicted molar refractivity (Wildman–Crippen MR) is 132 cm³/mol. The maximum atomic E-state index is 13.1. The van der Waals surface area contributed by atoms with E-state index in [1.54, 1.807) is 17.0 Å². The zero-order valence-electron chi connectivity index (χ0n) is 20.7. The van der Waals surface area contributed by atoms with Gasteiger partial charge in [-0.25, -0.2) is 14.8 Å². The van der Waals surface area contributed by atoms with Gasteiger partial charge in [-0.2, -0.15) is 13.2 Å². The highest BCUT2D eigenvalue weighted by atomic mass is 19.4. The van der Waals surface area contributed by atoms with Crippen LogP contribution >= 0.6 is 0 Å². The standard InChI is InChI=1S/C27H23F3N4O5/c1-38-26(37)17-7-8-18-23(24(17)33-25(36)19-3-2-4-21(32-19)27(28,29)30)16-6-5-15(13-20(16)31-18)14-22(35)34-9-11-39-12-10-34/h2-8,13,15H,9-12,14H2,1H3,(H,33,36). The lowest BCUT2D eigenvalue weighted by atomic mass is 9.93. The highest BCUT2D eigenvalue weighted by Gasteiger charge is 2.33. The zero-order valence-corrected chi connectivity index (χ0v) is 20.7. The fraction of sp³-hybridized carbons (Fsp3) is 0.296. The Kier molecular flexibility index (Phi) is 7.04. The Balaban J connectivity index is 1.50. The zero-order chi connectivity index (χ0) is 27.7. The van der Waals surface area contributed by atoms with Crippen molar-refractivity contribution in [3.05, 3.63) is 81.8 Å². The first kappa shape index (κ1) is 26.3. The smallest absolute Gasteiger partial charge is 0.433 e. The number of hydrogen-bond donors (Lipinski definition) is 1. The van der Waals surface area contributed by atoms with Crippen molar-refractivity contribution in [3.8, 4) is 0 Å². The third-order valence-corrected chi connectivity index (χ3v) is 6.54. The molecule has 1 aliphatic carbocycles. The van der Waals surface area contributed by atoms with Crippen LogP contribution in [0.1, 0.15) is 33.0 Å². The van der Waals surface area contributed by atoms with Gasteiger partial charge in [-0.1, -0.05) is 24.3 Å². The maximum Gasteiger partial charge on any atom is 0.433 e. The molecule has 1 fully saturated rings. The van der Waals surface area contributed by atoms with Crippen LogP contribution < -0.4 is 15.9 Å². The lowest BCUT2D eigenvalue weighted by Crippen LogP contribution is -2.41. The number of carbonyl (C=O) groups excluding carboxylic acids is 3. The van der Waals surface area contributed by atoms with E-state index >= 15 is 0 Å². The van der Waals surface area contributed by atoms with Crippen molar-refractivity contribution in [1.82, 2.24) is 9.88 Å². The number of amides is 2. The molecule has 202 valence electrons. The number of alkyl halides is 3. The second-order valence-electron chi connectivity index (χ2n) is 9.03. The number of hydrogen-bond acceptors (Lipinski definition) is 7. The first-order valence-corrected chi connectivity index (χ1v) is 12.1. The summed E-state index contributed by atoms with van der Waals surface area (Å²) in [5.41, 5.74) is -0.504. The number of nitrogens with one attached hydrogen (secondary N) is 1. The van der Waals surface area contributed by atoms with Crippen LogP contribution in [0.25, 0.3) is 5.57 Å². The molecule has 2 aromatic rings. The molecule has 9 nitrogen and oxygen atoms in total. The lowest BCUT2D eigenvalue weighted by molar-refractivity contribution is -0.141. The van der Waals surface area contributed by atoms with Crippen LogP contribution in [0.3, 0.4) is 0 Å². The van der Waals surface area contributed by atoms with E-state index < -0.39 is 29.4 Å². The highest BCUT2D eigenvalue weighted by Crippen LogP contribution is 2.29. The summed E-state index contributed by atoms with van der Waals surface area (Å²) in [5, 5.41) is 3.42. The molecule has 2 aliphatic heterocycles. The van der Waals surface area contributed by atoms with Gasteiger partial charge in [-0.15, -0.1) is 0 Å². The van der Waals surface area contributed by atoms with Crippen LogP contribution in [0.4, 0.5) is 18.9 Å². The number of rotatable bonds is 5. The summed E-state index contributed by atoms with van der Waals surface area (Å²) < 4.78 is 49.6. The van der Waals surface area contributed by atoms with Crippen molar-refractivity contribution in [2.45, 2.75) is 12.6 Å². The van der Waals surface area contributed by atoms with Gasteiger partial charge in [0.15, 0.2) is 0 Å². The van der Waals surface area contributed by atoms with Crippen LogP contribution in [0, 0.1) is 5.92 Å². The summed E-state index contributed by atoms with van der Waals surface area (Å²) in [6, 6.07) is 5.99. The Morgan fingerprint density at radius 2 is 1.92 bits per heavy atom. The summed E-state index contributed by atoms with van der Waals surface area (Å²) in [5.74, 6) is -1.91. The van der Waals surface area contributed by atoms with Crippen LogP contribution in [0.5, 0.6) is 0 Å². The minimum atomic E-state index is -4.73. The fourth-order valence-corrected chi connectivity index (χ4v) is 4.63. The van der Waals surface area contributed by atoms with Gasteiger partial charge in [-0.05, 0) is 24.3 Å². The van der Waals surface area contributed by atoms with E-state index in [-0.39, 0.29) is 29.5 Å². The van der Waals surface area contributed by atoms with Crippen LogP contribution in [-0.4, -0.2) is 61.1 Å². The third kappa shape index (κ3) is 5.32. The molecular weight excluding hydrogens is 517 g/mol. The van der Waals surface area contributed by atoms with Gasteiger partial charge in [0, 0.05) is 36.2 Å². The van der Waals surface area contributed by atoms with E-state index in [1.807, 2.05) is 12.2 Å². The molecule has 1 saturated heterocycles. The number of aromatic nitrogens is 1. The highest BCUT2D eigenvalue weighted by molar-refractivity contribution is 6.08. The average Bonchev–Trinajstić information content (AvgIpc) is 3.31.